The third-order valence-electron chi connectivity index (χ3n) is 4.02. The second kappa shape index (κ2) is 6.25. The molecule has 1 aliphatic carbocycles. The highest BCUT2D eigenvalue weighted by atomic mass is 16.6. The van der Waals surface area contributed by atoms with Crippen molar-refractivity contribution in [1.29, 1.82) is 0 Å². The van der Waals surface area contributed by atoms with Gasteiger partial charge in [0.15, 0.2) is 0 Å². The molecule has 0 amide bonds. The van der Waals surface area contributed by atoms with Gasteiger partial charge in [0.1, 0.15) is 5.60 Å². The summed E-state index contributed by atoms with van der Waals surface area (Å²) in [7, 11) is 0. The molecule has 3 nitrogen and oxygen atoms in total. The van der Waals surface area contributed by atoms with Gasteiger partial charge in [-0.05, 0) is 65.7 Å². The quantitative estimate of drug-likeness (QED) is 0.793. The Morgan fingerprint density at radius 3 is 2.05 bits per heavy atom. The first kappa shape index (κ1) is 16.5. The number of aliphatic hydroxyl groups is 1. The van der Waals surface area contributed by atoms with E-state index in [2.05, 4.69) is 0 Å². The van der Waals surface area contributed by atoms with E-state index in [0.29, 0.717) is 18.3 Å². The summed E-state index contributed by atoms with van der Waals surface area (Å²) >= 11 is 0. The number of ether oxygens (including phenoxy) is 1. The molecule has 1 saturated carbocycles. The summed E-state index contributed by atoms with van der Waals surface area (Å²) in [5.41, 5.74) is -0.939. The van der Waals surface area contributed by atoms with Crippen LogP contribution in [0.5, 0.6) is 0 Å². The van der Waals surface area contributed by atoms with Gasteiger partial charge in [0.25, 0.3) is 0 Å². The summed E-state index contributed by atoms with van der Waals surface area (Å²) in [5, 5.41) is 10.0. The van der Waals surface area contributed by atoms with Gasteiger partial charge in [-0.25, -0.2) is 0 Å². The van der Waals surface area contributed by atoms with Crippen molar-refractivity contribution >= 4 is 5.97 Å². The monoisotopic (exact) mass is 270 g/mol. The Morgan fingerprint density at radius 1 is 1.11 bits per heavy atom. The molecule has 112 valence electrons. The molecule has 0 bridgehead atoms. The highest BCUT2D eigenvalue weighted by molar-refractivity contribution is 5.69. The summed E-state index contributed by atoms with van der Waals surface area (Å²) < 4.78 is 5.33. The van der Waals surface area contributed by atoms with Crippen LogP contribution in [0, 0.1) is 11.8 Å². The van der Waals surface area contributed by atoms with Gasteiger partial charge in [-0.2, -0.15) is 0 Å². The number of carbonyl (C=O) groups is 1. The van der Waals surface area contributed by atoms with E-state index in [9.17, 15) is 9.90 Å². The van der Waals surface area contributed by atoms with E-state index >= 15 is 0 Å². The summed E-state index contributed by atoms with van der Waals surface area (Å²) in [6.45, 7) is 9.51. The molecule has 0 saturated heterocycles. The van der Waals surface area contributed by atoms with Crippen LogP contribution >= 0.6 is 0 Å². The van der Waals surface area contributed by atoms with Gasteiger partial charge in [-0.15, -0.1) is 0 Å². The van der Waals surface area contributed by atoms with Crippen LogP contribution in [0.15, 0.2) is 0 Å². The molecule has 0 heterocycles. The van der Waals surface area contributed by atoms with Crippen LogP contribution in [-0.2, 0) is 9.53 Å². The smallest absolute Gasteiger partial charge is 0.306 e. The van der Waals surface area contributed by atoms with Crippen molar-refractivity contribution in [3.63, 3.8) is 0 Å². The van der Waals surface area contributed by atoms with E-state index in [1.165, 1.54) is 0 Å². The van der Waals surface area contributed by atoms with Crippen LogP contribution in [0.1, 0.15) is 73.1 Å². The molecule has 1 rings (SSSR count). The highest BCUT2D eigenvalue weighted by Gasteiger charge is 2.31. The molecule has 1 fully saturated rings. The summed E-state index contributed by atoms with van der Waals surface area (Å²) in [6, 6.07) is 0. The average molecular weight is 270 g/mol. The topological polar surface area (TPSA) is 46.5 Å². The molecule has 0 aromatic carbocycles. The predicted molar refractivity (Wildman–Crippen MR) is 76.8 cm³/mol. The largest absolute Gasteiger partial charge is 0.460 e. The SMILES string of the molecule is CC(C)(C)OC(=O)CCC1CCC(C(C)(C)O)CC1. The van der Waals surface area contributed by atoms with Crippen molar-refractivity contribution in [2.45, 2.75) is 84.3 Å². The summed E-state index contributed by atoms with van der Waals surface area (Å²) in [6.07, 6.45) is 5.84. The first-order valence-corrected chi connectivity index (χ1v) is 7.52. The van der Waals surface area contributed by atoms with Crippen molar-refractivity contribution in [3.05, 3.63) is 0 Å². The number of hydrogen-bond acceptors (Lipinski definition) is 3. The van der Waals surface area contributed by atoms with E-state index in [1.807, 2.05) is 34.6 Å². The summed E-state index contributed by atoms with van der Waals surface area (Å²) in [4.78, 5) is 11.7. The lowest BCUT2D eigenvalue weighted by molar-refractivity contribution is -0.155. The Balaban J connectivity index is 2.25. The number of rotatable bonds is 4. The third-order valence-corrected chi connectivity index (χ3v) is 4.02. The summed E-state index contributed by atoms with van der Waals surface area (Å²) in [5.74, 6) is 0.938. The number of carbonyl (C=O) groups excluding carboxylic acids is 1. The molecule has 0 atom stereocenters. The fourth-order valence-corrected chi connectivity index (χ4v) is 2.87. The van der Waals surface area contributed by atoms with Crippen molar-refractivity contribution in [1.82, 2.24) is 0 Å². The first-order chi connectivity index (χ1) is 8.58. The van der Waals surface area contributed by atoms with Gasteiger partial charge in [0, 0.05) is 6.42 Å². The third kappa shape index (κ3) is 6.42. The normalized spacial score (nSPS) is 25.2. The maximum Gasteiger partial charge on any atom is 0.306 e. The van der Waals surface area contributed by atoms with Crippen LogP contribution in [0.3, 0.4) is 0 Å². The number of hydrogen-bond donors (Lipinski definition) is 1. The van der Waals surface area contributed by atoms with Crippen molar-refractivity contribution in [2.75, 3.05) is 0 Å². The van der Waals surface area contributed by atoms with Gasteiger partial charge in [-0.3, -0.25) is 4.79 Å². The standard InChI is InChI=1S/C16H30O3/c1-15(2,3)19-14(17)11-8-12-6-9-13(10-7-12)16(4,5)18/h12-13,18H,6-11H2,1-5H3. The van der Waals surface area contributed by atoms with Crippen molar-refractivity contribution in [2.24, 2.45) is 11.8 Å². The minimum absolute atomic E-state index is 0.0860. The van der Waals surface area contributed by atoms with Crippen molar-refractivity contribution in [3.8, 4) is 0 Å². The minimum atomic E-state index is -0.559. The zero-order chi connectivity index (χ0) is 14.7. The molecule has 3 heteroatoms. The van der Waals surface area contributed by atoms with E-state index in [-0.39, 0.29) is 11.6 Å². The molecule has 1 aliphatic rings. The van der Waals surface area contributed by atoms with E-state index in [4.69, 9.17) is 4.74 Å². The minimum Gasteiger partial charge on any atom is -0.460 e. The molecule has 0 spiro atoms. The van der Waals surface area contributed by atoms with Gasteiger partial charge in [0.05, 0.1) is 5.60 Å². The fourth-order valence-electron chi connectivity index (χ4n) is 2.87. The lowest BCUT2D eigenvalue weighted by atomic mass is 9.74. The molecule has 0 radical (unpaired) electrons. The van der Waals surface area contributed by atoms with Crippen molar-refractivity contribution < 1.29 is 14.6 Å². The van der Waals surface area contributed by atoms with Gasteiger partial charge >= 0.3 is 5.97 Å². The maximum atomic E-state index is 11.7. The lowest BCUT2D eigenvalue weighted by Crippen LogP contribution is -2.34. The molecular weight excluding hydrogens is 240 g/mol. The fraction of sp³-hybridized carbons (Fsp3) is 0.938. The Labute approximate surface area is 117 Å². The van der Waals surface area contributed by atoms with Crippen LogP contribution < -0.4 is 0 Å². The second-order valence-corrected chi connectivity index (χ2v) is 7.50. The Morgan fingerprint density at radius 2 is 1.63 bits per heavy atom. The molecular formula is C16H30O3. The number of esters is 1. The first-order valence-electron chi connectivity index (χ1n) is 7.52. The molecule has 0 unspecified atom stereocenters. The zero-order valence-corrected chi connectivity index (χ0v) is 13.2. The molecule has 1 N–H and O–H groups in total. The van der Waals surface area contributed by atoms with Gasteiger partial charge in [0.2, 0.25) is 0 Å². The molecule has 0 aromatic rings. The van der Waals surface area contributed by atoms with Crippen LogP contribution in [0.4, 0.5) is 0 Å². The van der Waals surface area contributed by atoms with E-state index < -0.39 is 5.60 Å². The molecule has 0 aromatic heterocycles. The van der Waals surface area contributed by atoms with Gasteiger partial charge < -0.3 is 9.84 Å². The second-order valence-electron chi connectivity index (χ2n) is 7.50. The average Bonchev–Trinajstić information content (AvgIpc) is 2.23. The molecule has 19 heavy (non-hydrogen) atoms. The van der Waals surface area contributed by atoms with Crippen LogP contribution in [0.2, 0.25) is 0 Å². The van der Waals surface area contributed by atoms with Crippen LogP contribution in [0.25, 0.3) is 0 Å². The molecule has 0 aliphatic heterocycles. The Bertz CT molecular complexity index is 288. The highest BCUT2D eigenvalue weighted by Crippen LogP contribution is 2.37. The predicted octanol–water partition coefficient (Wildman–Crippen LogP) is 3.69. The lowest BCUT2D eigenvalue weighted by Gasteiger charge is -2.35. The Kier molecular flexibility index (Phi) is 5.43. The van der Waals surface area contributed by atoms with E-state index in [0.717, 1.165) is 32.1 Å². The van der Waals surface area contributed by atoms with Gasteiger partial charge in [-0.1, -0.05) is 12.8 Å². The van der Waals surface area contributed by atoms with E-state index in [1.54, 1.807) is 0 Å². The Hall–Kier alpha value is -0.570. The zero-order valence-electron chi connectivity index (χ0n) is 13.2. The maximum absolute atomic E-state index is 11.7. The van der Waals surface area contributed by atoms with Crippen LogP contribution in [-0.4, -0.2) is 22.3 Å².